The molecule has 29 heteroatoms. The van der Waals surface area contributed by atoms with Crippen molar-refractivity contribution in [2.75, 3.05) is 11.5 Å². The molecule has 0 spiro atoms. The number of nitrogens with two attached hydrogens (primary N) is 2. The zero-order chi connectivity index (χ0) is 72.0. The number of hydrogen-bond donors (Lipinski definition) is 18. The Morgan fingerprint density at radius 2 is 0.449 bits per heavy atom. The minimum atomic E-state index is -4.82. The van der Waals surface area contributed by atoms with Crippen LogP contribution in [0.2, 0.25) is 0 Å². The second kappa shape index (κ2) is 30.7. The average molecular weight is 1570 g/mol. The number of hydrogen-bond acceptors (Lipinski definition) is 26. The van der Waals surface area contributed by atoms with Crippen molar-refractivity contribution in [2.24, 2.45) is 107 Å². The monoisotopic (exact) mass is 1560 g/mol. The van der Waals surface area contributed by atoms with E-state index in [1.807, 2.05) is 0 Å². The Morgan fingerprint density at radius 1 is 0.271 bits per heavy atom. The Kier molecular flexibility index (Phi) is 21.6. The summed E-state index contributed by atoms with van der Waals surface area (Å²) in [7, 11) is -9.65. The molecule has 593 valence electrons. The van der Waals surface area contributed by atoms with Gasteiger partial charge in [-0.2, -0.15) is 0 Å². The van der Waals surface area contributed by atoms with E-state index in [9.17, 15) is 35.5 Å². The van der Waals surface area contributed by atoms with Crippen LogP contribution in [0, 0.1) is 107 Å². The van der Waals surface area contributed by atoms with Gasteiger partial charge in [0.1, 0.15) is 20.2 Å². The minimum Gasteiger partial charge on any atom is -0.744 e. The van der Waals surface area contributed by atoms with Crippen molar-refractivity contribution in [1.29, 1.82) is 0 Å². The summed E-state index contributed by atoms with van der Waals surface area (Å²) in [6, 6.07) is 8.40. The Bertz CT molecular complexity index is 3580. The van der Waals surface area contributed by atoms with Gasteiger partial charge in [0.25, 0.3) is 0 Å². The van der Waals surface area contributed by atoms with Gasteiger partial charge >= 0.3 is 17.1 Å². The third-order valence-corrected chi connectivity index (χ3v) is 33.4. The van der Waals surface area contributed by atoms with Crippen molar-refractivity contribution in [3.05, 3.63) is 47.5 Å². The summed E-state index contributed by atoms with van der Waals surface area (Å²) in [6.07, 6.45) is 37.7. The van der Waals surface area contributed by atoms with E-state index in [-0.39, 0.29) is 185 Å². The van der Waals surface area contributed by atoms with Gasteiger partial charge in [0.05, 0.1) is 108 Å². The number of carbonyl (C=O) groups excluding carboxylic acids is 2. The van der Waals surface area contributed by atoms with Gasteiger partial charge in [0.15, 0.2) is 11.6 Å². The van der Waals surface area contributed by atoms with E-state index in [1.165, 1.54) is 178 Å². The summed E-state index contributed by atoms with van der Waals surface area (Å²) in [5.41, 5.74) is 12.1. The zero-order valence-electron chi connectivity index (χ0n) is 61.8. The van der Waals surface area contributed by atoms with Crippen molar-refractivity contribution in [2.45, 2.75) is 301 Å². The third-order valence-electron chi connectivity index (χ3n) is 31.6. The number of Topliss-reactive ketones (excluding diaryl/α,β-unsaturated/α-hetero) is 2. The molecular formula is C78H120CuN18O8S2. The van der Waals surface area contributed by atoms with Crippen LogP contribution < -0.4 is 96.5 Å². The Labute approximate surface area is 643 Å². The quantitative estimate of drug-likeness (QED) is 0.0824. The fourth-order valence-electron chi connectivity index (χ4n) is 27.0. The molecule has 10 saturated heterocycles. The molecular weight excluding hydrogens is 1440 g/mol. The van der Waals surface area contributed by atoms with Crippen LogP contribution in [0.15, 0.2) is 46.2 Å². The third kappa shape index (κ3) is 14.1. The largest absolute Gasteiger partial charge is 2.00 e. The van der Waals surface area contributed by atoms with E-state index < -0.39 is 30.0 Å². The van der Waals surface area contributed by atoms with Crippen LogP contribution in [0.1, 0.15) is 213 Å². The van der Waals surface area contributed by atoms with Crippen LogP contribution in [0.4, 0.5) is 11.4 Å². The smallest absolute Gasteiger partial charge is 0.744 e. The maximum Gasteiger partial charge on any atom is 2.00 e. The molecule has 34 unspecified atom stereocenters. The molecule has 2 aromatic rings. The number of carbonyl (C=O) groups is 2. The first kappa shape index (κ1) is 75.4. The summed E-state index contributed by atoms with van der Waals surface area (Å²) < 4.78 is 72.5. The number of fused-ring (bicyclic) bond motifs is 40. The number of nitrogen functional groups attached to an aromatic ring is 2. The normalized spacial score (nSPS) is 47.5. The molecule has 1 radical (unpaired) electrons. The van der Waals surface area contributed by atoms with Crippen LogP contribution in [0.5, 0.6) is 0 Å². The van der Waals surface area contributed by atoms with Gasteiger partial charge in [-0.15, -0.1) is 0 Å². The van der Waals surface area contributed by atoms with Crippen molar-refractivity contribution < 1.29 is 52.6 Å². The van der Waals surface area contributed by atoms with Crippen LogP contribution in [0.25, 0.3) is 0 Å². The number of benzene rings is 2. The second-order valence-corrected chi connectivity index (χ2v) is 39.4. The molecule has 2 aromatic carbocycles. The first-order valence-corrected chi connectivity index (χ1v) is 45.2. The summed E-state index contributed by atoms with van der Waals surface area (Å²) in [5.74, 6) is 6.27. The molecule has 18 aliphatic rings. The Balaban J connectivity index is 0.000000150. The predicted molar refractivity (Wildman–Crippen MR) is 398 cm³/mol. The molecule has 10 heterocycles. The molecule has 10 aliphatic heterocycles. The van der Waals surface area contributed by atoms with Crippen molar-refractivity contribution in [1.82, 2.24) is 85.1 Å². The molecule has 18 fully saturated rings. The van der Waals surface area contributed by atoms with Gasteiger partial charge < -0.3 is 20.6 Å². The van der Waals surface area contributed by atoms with E-state index in [0.29, 0.717) is 71.0 Å². The van der Waals surface area contributed by atoms with Crippen LogP contribution in [0.3, 0.4) is 0 Å². The predicted octanol–water partition coefficient (Wildman–Crippen LogP) is 4.40. The SMILES string of the molecule is Nc1ccc(C(=O)C2CCCC3C4NC5NC(NC6NC(NC7NC(NC(N4)C23)C2CCCCC72)C2CCCCC62)C2CCCCC52)cc1S(=O)(=O)[O-].Nc1ccc(C(=O)C2CCCC3C4NC5NC(NC6NC(NC7NC(NC(N4)C23)C2CCCCC72)C2CCCCC62)C2CCCCC52)cc1S(=O)(=O)[O-].[Cu+2]. The molecule has 34 atom stereocenters. The van der Waals surface area contributed by atoms with E-state index in [4.69, 9.17) is 11.5 Å². The Hall–Kier alpha value is -2.92. The van der Waals surface area contributed by atoms with Gasteiger partial charge in [-0.25, -0.2) is 16.8 Å². The summed E-state index contributed by atoms with van der Waals surface area (Å²) in [4.78, 5) is 28.0. The Morgan fingerprint density at radius 3 is 0.645 bits per heavy atom. The van der Waals surface area contributed by atoms with E-state index in [0.717, 1.165) is 38.5 Å². The van der Waals surface area contributed by atoms with Gasteiger partial charge in [0.2, 0.25) is 0 Å². The first-order chi connectivity index (χ1) is 51.4. The summed E-state index contributed by atoms with van der Waals surface area (Å²) in [6.45, 7) is 0. The van der Waals surface area contributed by atoms with Crippen LogP contribution >= 0.6 is 0 Å². The number of anilines is 2. The molecule has 0 aromatic heterocycles. The molecule has 16 bridgehead atoms. The van der Waals surface area contributed by atoms with Gasteiger partial charge in [-0.05, 0) is 222 Å². The number of nitrogens with one attached hydrogen (secondary N) is 16. The van der Waals surface area contributed by atoms with Gasteiger partial charge in [0, 0.05) is 46.2 Å². The molecule has 26 nitrogen and oxygen atoms in total. The molecule has 20 N–H and O–H groups in total. The van der Waals surface area contributed by atoms with Crippen LogP contribution in [-0.4, -0.2) is 136 Å². The number of ketones is 2. The molecule has 0 amide bonds. The molecule has 20 rings (SSSR count). The maximum absolute atomic E-state index is 14.5. The molecule has 8 aliphatic carbocycles. The van der Waals surface area contributed by atoms with Crippen molar-refractivity contribution >= 4 is 43.2 Å². The standard InChI is InChI=1S/2C39H61N9O4S.Cu/c2*40-28-17-16-19(18-29(28)53(50,51)52)31(49)26-14-7-15-27-30(26)39-47-37-25-13-6-5-12-24(25)35(45-37)43-33-21-9-2-1-8-20(21)32(41-33)42-34-22-10-3-4-11-23(22)36(44-34)46-38(27)48-39;/h2*16-18,20-27,30,32-39,41-48H,1-15,40H2,(H,50,51,52);/q;;+2/p-2. The van der Waals surface area contributed by atoms with Gasteiger partial charge in [-0.3, -0.25) is 94.7 Å². The fraction of sp³-hybridized carbons (Fsp3) is 0.821. The maximum atomic E-state index is 14.5. The fourth-order valence-corrected chi connectivity index (χ4v) is 28.2. The van der Waals surface area contributed by atoms with Crippen molar-refractivity contribution in [3.8, 4) is 0 Å². The summed E-state index contributed by atoms with van der Waals surface area (Å²) in [5, 5.41) is 66.1. The molecule has 8 saturated carbocycles. The first-order valence-electron chi connectivity index (χ1n) is 42.4. The van der Waals surface area contributed by atoms with E-state index in [2.05, 4.69) is 85.1 Å². The van der Waals surface area contributed by atoms with E-state index >= 15 is 0 Å². The molecule has 107 heavy (non-hydrogen) atoms. The van der Waals surface area contributed by atoms with Crippen LogP contribution in [-0.2, 0) is 37.3 Å². The average Bonchev–Trinajstić information content (AvgIpc) is 1.61. The topological polar surface area (TPSA) is 393 Å². The summed E-state index contributed by atoms with van der Waals surface area (Å²) >= 11 is 0. The number of rotatable bonds is 6. The van der Waals surface area contributed by atoms with Gasteiger partial charge in [-0.1, -0.05) is 89.9 Å². The zero-order valence-corrected chi connectivity index (χ0v) is 64.4. The van der Waals surface area contributed by atoms with Crippen molar-refractivity contribution in [3.63, 3.8) is 0 Å². The minimum absolute atomic E-state index is 0. The second-order valence-electron chi connectivity index (χ2n) is 36.7. The van der Waals surface area contributed by atoms with E-state index in [1.54, 1.807) is 12.1 Å².